The minimum atomic E-state index is -0.146. The summed E-state index contributed by atoms with van der Waals surface area (Å²) >= 11 is 0. The first-order valence-corrected chi connectivity index (χ1v) is 10.3. The highest BCUT2D eigenvalue weighted by molar-refractivity contribution is 5.69. The largest absolute Gasteiger partial charge is 0.486 e. The number of cyclic esters (lactones) is 1. The van der Waals surface area contributed by atoms with Crippen molar-refractivity contribution in [1.29, 1.82) is 0 Å². The van der Waals surface area contributed by atoms with Crippen LogP contribution in [-0.4, -0.2) is 67.9 Å². The van der Waals surface area contributed by atoms with Crippen LogP contribution in [0.4, 0.5) is 4.79 Å². The zero-order valence-electron chi connectivity index (χ0n) is 16.6. The Balaban J connectivity index is 0.00000102. The van der Waals surface area contributed by atoms with Crippen LogP contribution in [0.15, 0.2) is 24.3 Å². The van der Waals surface area contributed by atoms with E-state index in [1.807, 2.05) is 43.0 Å². The zero-order valence-corrected chi connectivity index (χ0v) is 16.6. The summed E-state index contributed by atoms with van der Waals surface area (Å²) in [4.78, 5) is 15.8. The van der Waals surface area contributed by atoms with Crippen LogP contribution in [0.25, 0.3) is 0 Å². The Kier molecular flexibility index (Phi) is 7.21. The van der Waals surface area contributed by atoms with E-state index in [0.29, 0.717) is 19.1 Å². The van der Waals surface area contributed by atoms with E-state index in [-0.39, 0.29) is 12.2 Å². The van der Waals surface area contributed by atoms with E-state index >= 15 is 0 Å². The summed E-state index contributed by atoms with van der Waals surface area (Å²) < 4.78 is 16.9. The Bertz CT molecular complexity index is 602. The Labute approximate surface area is 162 Å². The van der Waals surface area contributed by atoms with Crippen LogP contribution in [-0.2, 0) is 4.74 Å². The zero-order chi connectivity index (χ0) is 19.1. The van der Waals surface area contributed by atoms with Crippen molar-refractivity contribution in [2.75, 3.05) is 45.9 Å². The van der Waals surface area contributed by atoms with E-state index in [1.165, 1.54) is 12.8 Å². The topological polar surface area (TPSA) is 51.2 Å². The number of hydrogen-bond donors (Lipinski definition) is 0. The van der Waals surface area contributed by atoms with Crippen molar-refractivity contribution in [2.45, 2.75) is 39.2 Å². The van der Waals surface area contributed by atoms with E-state index in [4.69, 9.17) is 14.2 Å². The Hall–Kier alpha value is -1.95. The molecular weight excluding hydrogens is 344 g/mol. The van der Waals surface area contributed by atoms with Gasteiger partial charge in [0, 0.05) is 13.1 Å². The van der Waals surface area contributed by atoms with Gasteiger partial charge in [0.1, 0.15) is 19.3 Å². The van der Waals surface area contributed by atoms with Crippen LogP contribution in [0.3, 0.4) is 0 Å². The molecule has 2 saturated heterocycles. The molecule has 1 aromatic rings. The van der Waals surface area contributed by atoms with Crippen LogP contribution in [0.2, 0.25) is 0 Å². The summed E-state index contributed by atoms with van der Waals surface area (Å²) in [7, 11) is 0. The summed E-state index contributed by atoms with van der Waals surface area (Å²) in [6.45, 7) is 9.85. The number of nitrogens with zero attached hydrogens (tertiary/aromatic N) is 2. The fourth-order valence-electron chi connectivity index (χ4n) is 3.87. The molecule has 27 heavy (non-hydrogen) atoms. The average molecular weight is 376 g/mol. The lowest BCUT2D eigenvalue weighted by atomic mass is 9.93. The van der Waals surface area contributed by atoms with Crippen molar-refractivity contribution in [2.24, 2.45) is 5.92 Å². The number of ether oxygens (including phenoxy) is 3. The van der Waals surface area contributed by atoms with Gasteiger partial charge < -0.3 is 19.1 Å². The van der Waals surface area contributed by atoms with Gasteiger partial charge in [-0.2, -0.15) is 0 Å². The maximum absolute atomic E-state index is 11.5. The van der Waals surface area contributed by atoms with Gasteiger partial charge in [0.15, 0.2) is 11.5 Å². The van der Waals surface area contributed by atoms with Crippen LogP contribution >= 0.6 is 0 Å². The van der Waals surface area contributed by atoms with E-state index in [0.717, 1.165) is 50.6 Å². The first-order valence-electron chi connectivity index (χ1n) is 10.3. The fraction of sp³-hybridized carbons (Fsp3) is 0.667. The quantitative estimate of drug-likeness (QED) is 0.788. The molecule has 1 aromatic carbocycles. The Morgan fingerprint density at radius 3 is 2.48 bits per heavy atom. The molecule has 0 spiro atoms. The first kappa shape index (κ1) is 19.8. The highest BCUT2D eigenvalue weighted by Gasteiger charge is 2.27. The monoisotopic (exact) mass is 376 g/mol. The van der Waals surface area contributed by atoms with Crippen LogP contribution in [0, 0.1) is 5.92 Å². The summed E-state index contributed by atoms with van der Waals surface area (Å²) in [6, 6.07) is 7.87. The van der Waals surface area contributed by atoms with E-state index in [2.05, 4.69) is 4.90 Å². The molecule has 3 aliphatic heterocycles. The second kappa shape index (κ2) is 9.83. The predicted molar refractivity (Wildman–Crippen MR) is 104 cm³/mol. The van der Waals surface area contributed by atoms with Crippen molar-refractivity contribution in [1.82, 2.24) is 9.80 Å². The van der Waals surface area contributed by atoms with Gasteiger partial charge in [-0.05, 0) is 50.4 Å². The number of para-hydroxylation sites is 2. The molecule has 3 aliphatic rings. The molecule has 0 radical (unpaired) electrons. The number of carbonyl (C=O) groups excluding carboxylic acids is 1. The summed E-state index contributed by atoms with van der Waals surface area (Å²) in [5.74, 6) is 2.40. The van der Waals surface area contributed by atoms with Gasteiger partial charge in [-0.3, -0.25) is 4.90 Å². The molecule has 0 aromatic heterocycles. The van der Waals surface area contributed by atoms with Crippen molar-refractivity contribution >= 4 is 6.09 Å². The maximum Gasteiger partial charge on any atom is 0.409 e. The average Bonchev–Trinajstić information content (AvgIpc) is 3.14. The minimum absolute atomic E-state index is 0.103. The molecule has 0 saturated carbocycles. The van der Waals surface area contributed by atoms with Gasteiger partial charge in [-0.25, -0.2) is 4.79 Å². The summed E-state index contributed by atoms with van der Waals surface area (Å²) in [5, 5.41) is 0. The molecule has 1 amide bonds. The Morgan fingerprint density at radius 1 is 1.04 bits per heavy atom. The molecule has 6 heteroatoms. The molecule has 3 heterocycles. The lowest BCUT2D eigenvalue weighted by Crippen LogP contribution is -2.44. The minimum Gasteiger partial charge on any atom is -0.486 e. The van der Waals surface area contributed by atoms with Crippen LogP contribution < -0.4 is 9.47 Å². The number of benzene rings is 1. The second-order valence-electron chi connectivity index (χ2n) is 7.13. The van der Waals surface area contributed by atoms with Crippen molar-refractivity contribution in [3.05, 3.63) is 24.3 Å². The number of fused-ring (bicyclic) bond motifs is 1. The molecule has 1 atom stereocenters. The molecular formula is C21H32N2O4. The number of likely N-dealkylation sites (tertiary alicyclic amines) is 1. The maximum atomic E-state index is 11.5. The SMILES string of the molecule is CC.O=C1OCCN1CCC1CCN(CC2COc3ccccc3O2)CC1. The van der Waals surface area contributed by atoms with Crippen molar-refractivity contribution < 1.29 is 19.0 Å². The van der Waals surface area contributed by atoms with Gasteiger partial charge in [0.05, 0.1) is 6.54 Å². The number of rotatable bonds is 5. The lowest BCUT2D eigenvalue weighted by molar-refractivity contribution is 0.0467. The third kappa shape index (κ3) is 5.28. The van der Waals surface area contributed by atoms with Gasteiger partial charge in [-0.15, -0.1) is 0 Å². The molecule has 0 aliphatic carbocycles. The van der Waals surface area contributed by atoms with Crippen molar-refractivity contribution in [3.63, 3.8) is 0 Å². The van der Waals surface area contributed by atoms with Gasteiger partial charge >= 0.3 is 6.09 Å². The van der Waals surface area contributed by atoms with Crippen LogP contribution in [0.1, 0.15) is 33.1 Å². The van der Waals surface area contributed by atoms with E-state index in [1.54, 1.807) is 0 Å². The second-order valence-corrected chi connectivity index (χ2v) is 7.13. The molecule has 0 N–H and O–H groups in total. The number of hydrogen-bond acceptors (Lipinski definition) is 5. The van der Waals surface area contributed by atoms with E-state index in [9.17, 15) is 4.79 Å². The molecule has 4 rings (SSSR count). The molecule has 2 fully saturated rings. The van der Waals surface area contributed by atoms with Crippen LogP contribution in [0.5, 0.6) is 11.5 Å². The standard InChI is InChI=1S/C19H26N2O4.C2H6/c22-19-21(11-12-23-19)10-7-15-5-8-20(9-6-15)13-16-14-24-17-3-1-2-4-18(17)25-16;1-2/h1-4,15-16H,5-14H2;1-2H3. The highest BCUT2D eigenvalue weighted by Crippen LogP contribution is 2.31. The number of piperidine rings is 1. The molecule has 6 nitrogen and oxygen atoms in total. The number of amides is 1. The molecule has 1 unspecified atom stereocenters. The molecule has 0 bridgehead atoms. The third-order valence-electron chi connectivity index (χ3n) is 5.39. The highest BCUT2D eigenvalue weighted by atomic mass is 16.6. The number of carbonyl (C=O) groups is 1. The van der Waals surface area contributed by atoms with Gasteiger partial charge in [0.25, 0.3) is 0 Å². The predicted octanol–water partition coefficient (Wildman–Crippen LogP) is 3.41. The van der Waals surface area contributed by atoms with Gasteiger partial charge in [0.2, 0.25) is 0 Å². The normalized spacial score (nSPS) is 22.8. The lowest BCUT2D eigenvalue weighted by Gasteiger charge is -2.36. The molecule has 150 valence electrons. The van der Waals surface area contributed by atoms with E-state index < -0.39 is 0 Å². The smallest absolute Gasteiger partial charge is 0.409 e. The summed E-state index contributed by atoms with van der Waals surface area (Å²) in [5.41, 5.74) is 0. The first-order chi connectivity index (χ1) is 13.3. The summed E-state index contributed by atoms with van der Waals surface area (Å²) in [6.07, 6.45) is 3.41. The fourth-order valence-corrected chi connectivity index (χ4v) is 3.87. The Morgan fingerprint density at radius 2 is 1.78 bits per heavy atom. The van der Waals surface area contributed by atoms with Gasteiger partial charge in [-0.1, -0.05) is 26.0 Å². The third-order valence-corrected chi connectivity index (χ3v) is 5.39. The van der Waals surface area contributed by atoms with Crippen molar-refractivity contribution in [3.8, 4) is 11.5 Å².